The van der Waals surface area contributed by atoms with Gasteiger partial charge in [-0.1, -0.05) is 19.9 Å². The van der Waals surface area contributed by atoms with E-state index < -0.39 is 15.9 Å². The van der Waals surface area contributed by atoms with Crippen LogP contribution in [0.25, 0.3) is 0 Å². The number of hydrogen-bond acceptors (Lipinski definition) is 5. The average molecular weight is 517 g/mol. The van der Waals surface area contributed by atoms with Gasteiger partial charge in [-0.2, -0.15) is 0 Å². The number of thiophene rings is 1. The standard InChI is InChI=1S/C17H31N3O3S2.HI/c1-5-18-17(20-14(4)9-8-13(2)3)19-11-15(21)12-25(22,23)16-7-6-10-24-16;/h6-7,10,13-15,21H,5,8-9,11-12H2,1-4H3,(H2,18,19,20);1H. The Labute approximate surface area is 178 Å². The third-order valence-electron chi connectivity index (χ3n) is 3.58. The van der Waals surface area contributed by atoms with Crippen molar-refractivity contribution in [1.29, 1.82) is 0 Å². The van der Waals surface area contributed by atoms with Gasteiger partial charge in [0.2, 0.25) is 0 Å². The third-order valence-corrected chi connectivity index (χ3v) is 6.86. The van der Waals surface area contributed by atoms with Gasteiger partial charge in [-0.05, 0) is 44.1 Å². The Morgan fingerprint density at radius 2 is 2.00 bits per heavy atom. The molecule has 0 aromatic carbocycles. The number of sulfone groups is 1. The van der Waals surface area contributed by atoms with Gasteiger partial charge < -0.3 is 15.7 Å². The lowest BCUT2D eigenvalue weighted by molar-refractivity contribution is 0.206. The lowest BCUT2D eigenvalue weighted by Gasteiger charge is -2.19. The van der Waals surface area contributed by atoms with Crippen LogP contribution in [0.5, 0.6) is 0 Å². The molecule has 1 rings (SSSR count). The highest BCUT2D eigenvalue weighted by atomic mass is 127. The first-order chi connectivity index (χ1) is 11.7. The zero-order valence-corrected chi connectivity index (χ0v) is 19.9. The maximum atomic E-state index is 12.2. The fraction of sp³-hybridized carbons (Fsp3) is 0.706. The molecule has 26 heavy (non-hydrogen) atoms. The van der Waals surface area contributed by atoms with Gasteiger partial charge in [-0.15, -0.1) is 35.3 Å². The predicted molar refractivity (Wildman–Crippen MR) is 120 cm³/mol. The quantitative estimate of drug-likeness (QED) is 0.252. The summed E-state index contributed by atoms with van der Waals surface area (Å²) in [6.45, 7) is 9.18. The summed E-state index contributed by atoms with van der Waals surface area (Å²) in [7, 11) is -3.46. The van der Waals surface area contributed by atoms with E-state index in [0.29, 0.717) is 18.4 Å². The van der Waals surface area contributed by atoms with E-state index in [9.17, 15) is 13.5 Å². The molecule has 0 aliphatic heterocycles. The Kier molecular flexibility index (Phi) is 12.7. The molecule has 0 spiro atoms. The van der Waals surface area contributed by atoms with E-state index in [1.807, 2.05) is 6.92 Å². The minimum atomic E-state index is -3.46. The van der Waals surface area contributed by atoms with Crippen LogP contribution in [0.1, 0.15) is 40.5 Å². The van der Waals surface area contributed by atoms with Crippen molar-refractivity contribution in [2.45, 2.75) is 56.9 Å². The van der Waals surface area contributed by atoms with Crippen LogP contribution in [0.2, 0.25) is 0 Å². The average Bonchev–Trinajstić information content (AvgIpc) is 3.06. The molecule has 1 aromatic rings. The second kappa shape index (κ2) is 12.9. The van der Waals surface area contributed by atoms with E-state index in [0.717, 1.165) is 24.2 Å². The van der Waals surface area contributed by atoms with Gasteiger partial charge in [0.15, 0.2) is 15.8 Å². The van der Waals surface area contributed by atoms with Crippen molar-refractivity contribution in [1.82, 2.24) is 10.6 Å². The highest BCUT2D eigenvalue weighted by molar-refractivity contribution is 14.0. The largest absolute Gasteiger partial charge is 0.390 e. The van der Waals surface area contributed by atoms with Crippen LogP contribution < -0.4 is 10.6 Å². The number of aliphatic hydroxyl groups excluding tert-OH is 1. The highest BCUT2D eigenvalue weighted by Gasteiger charge is 2.20. The molecular weight excluding hydrogens is 485 g/mol. The third kappa shape index (κ3) is 10.1. The summed E-state index contributed by atoms with van der Waals surface area (Å²) in [6, 6.07) is 3.50. The Morgan fingerprint density at radius 3 is 2.54 bits per heavy atom. The van der Waals surface area contributed by atoms with Crippen molar-refractivity contribution in [2.24, 2.45) is 10.9 Å². The molecule has 0 amide bonds. The van der Waals surface area contributed by atoms with Crippen LogP contribution in [-0.2, 0) is 9.84 Å². The van der Waals surface area contributed by atoms with E-state index in [1.165, 1.54) is 0 Å². The van der Waals surface area contributed by atoms with Gasteiger partial charge >= 0.3 is 0 Å². The van der Waals surface area contributed by atoms with Crippen LogP contribution >= 0.6 is 35.3 Å². The van der Waals surface area contributed by atoms with Crippen molar-refractivity contribution < 1.29 is 13.5 Å². The molecule has 0 aliphatic carbocycles. The summed E-state index contributed by atoms with van der Waals surface area (Å²) >= 11 is 1.16. The lowest BCUT2D eigenvalue weighted by atomic mass is 10.0. The molecule has 2 atom stereocenters. The molecule has 152 valence electrons. The fourth-order valence-electron chi connectivity index (χ4n) is 2.23. The number of guanidine groups is 1. The maximum Gasteiger partial charge on any atom is 0.191 e. The highest BCUT2D eigenvalue weighted by Crippen LogP contribution is 2.18. The summed E-state index contributed by atoms with van der Waals surface area (Å²) in [5.41, 5.74) is 0. The van der Waals surface area contributed by atoms with Crippen molar-refractivity contribution in [3.05, 3.63) is 17.5 Å². The van der Waals surface area contributed by atoms with E-state index >= 15 is 0 Å². The number of hydrogen-bond donors (Lipinski definition) is 3. The molecule has 0 aliphatic rings. The number of rotatable bonds is 10. The Morgan fingerprint density at radius 1 is 1.31 bits per heavy atom. The fourth-order valence-corrected chi connectivity index (χ4v) is 4.70. The maximum absolute atomic E-state index is 12.2. The lowest BCUT2D eigenvalue weighted by Crippen LogP contribution is -2.43. The Balaban J connectivity index is 0.00000625. The molecule has 1 heterocycles. The number of nitrogens with zero attached hydrogens (tertiary/aromatic N) is 1. The van der Waals surface area contributed by atoms with Gasteiger partial charge in [0.05, 0.1) is 18.4 Å². The topological polar surface area (TPSA) is 90.8 Å². The van der Waals surface area contributed by atoms with E-state index in [-0.39, 0.29) is 46.5 Å². The molecule has 0 radical (unpaired) electrons. The summed E-state index contributed by atoms with van der Waals surface area (Å²) in [6.07, 6.45) is 1.11. The van der Waals surface area contributed by atoms with Crippen molar-refractivity contribution in [3.63, 3.8) is 0 Å². The SMILES string of the molecule is CCNC(=NCC(O)CS(=O)(=O)c1cccs1)NC(C)CCC(C)C.I. The molecule has 3 N–H and O–H groups in total. The summed E-state index contributed by atoms with van der Waals surface area (Å²) < 4.78 is 24.6. The molecule has 2 unspecified atom stereocenters. The number of aliphatic hydroxyl groups is 1. The summed E-state index contributed by atoms with van der Waals surface area (Å²) in [5, 5.41) is 18.2. The second-order valence-electron chi connectivity index (χ2n) is 6.60. The van der Waals surface area contributed by atoms with Gasteiger partial charge in [-0.25, -0.2) is 8.42 Å². The van der Waals surface area contributed by atoms with Gasteiger partial charge in [0.25, 0.3) is 0 Å². The van der Waals surface area contributed by atoms with Gasteiger partial charge in [0, 0.05) is 12.6 Å². The number of nitrogens with one attached hydrogen (secondary N) is 2. The number of aliphatic imine (C=N–C) groups is 1. The van der Waals surface area contributed by atoms with Gasteiger partial charge in [-0.3, -0.25) is 4.99 Å². The minimum absolute atomic E-state index is 0. The van der Waals surface area contributed by atoms with Crippen LogP contribution in [-0.4, -0.2) is 50.5 Å². The molecule has 9 heteroatoms. The van der Waals surface area contributed by atoms with Gasteiger partial charge in [0.1, 0.15) is 4.21 Å². The summed E-state index contributed by atoms with van der Waals surface area (Å²) in [5.74, 6) is 0.929. The number of halogens is 1. The van der Waals surface area contributed by atoms with Crippen LogP contribution in [0, 0.1) is 5.92 Å². The first kappa shape index (κ1) is 25.6. The van der Waals surface area contributed by atoms with Crippen molar-refractivity contribution in [2.75, 3.05) is 18.8 Å². The van der Waals surface area contributed by atoms with E-state index in [2.05, 4.69) is 36.4 Å². The second-order valence-corrected chi connectivity index (χ2v) is 9.81. The molecule has 0 bridgehead atoms. The summed E-state index contributed by atoms with van der Waals surface area (Å²) in [4.78, 5) is 4.33. The molecule has 6 nitrogen and oxygen atoms in total. The Hall–Kier alpha value is -0.390. The first-order valence-corrected chi connectivity index (χ1v) is 11.3. The van der Waals surface area contributed by atoms with Crippen molar-refractivity contribution >= 4 is 51.1 Å². The van der Waals surface area contributed by atoms with Crippen LogP contribution in [0.4, 0.5) is 0 Å². The Bertz CT molecular complexity index is 619. The normalized spacial score (nSPS) is 14.6. The molecular formula is C17H32IN3O3S2. The zero-order valence-electron chi connectivity index (χ0n) is 15.9. The van der Waals surface area contributed by atoms with E-state index in [1.54, 1.807) is 17.5 Å². The van der Waals surface area contributed by atoms with E-state index in [4.69, 9.17) is 0 Å². The molecule has 1 aromatic heterocycles. The molecule has 0 saturated carbocycles. The van der Waals surface area contributed by atoms with Crippen LogP contribution in [0.3, 0.4) is 0 Å². The molecule has 0 fully saturated rings. The smallest absolute Gasteiger partial charge is 0.191 e. The van der Waals surface area contributed by atoms with Crippen LogP contribution in [0.15, 0.2) is 26.7 Å². The zero-order chi connectivity index (χ0) is 18.9. The monoisotopic (exact) mass is 517 g/mol. The predicted octanol–water partition coefficient (Wildman–Crippen LogP) is 2.88. The first-order valence-electron chi connectivity index (χ1n) is 8.73. The van der Waals surface area contributed by atoms with Crippen molar-refractivity contribution in [3.8, 4) is 0 Å². The molecule has 0 saturated heterocycles. The minimum Gasteiger partial charge on any atom is -0.390 e.